The molecule has 15 heavy (non-hydrogen) atoms. The highest BCUT2D eigenvalue weighted by Gasteiger charge is 2.19. The van der Waals surface area contributed by atoms with Crippen LogP contribution in [0.3, 0.4) is 0 Å². The molecule has 0 atom stereocenters. The highest BCUT2D eigenvalue weighted by Crippen LogP contribution is 2.26. The van der Waals surface area contributed by atoms with Crippen molar-refractivity contribution in [2.24, 2.45) is 0 Å². The summed E-state index contributed by atoms with van der Waals surface area (Å²) in [7, 11) is 0. The first-order chi connectivity index (χ1) is 7.40. The molecule has 1 saturated heterocycles. The highest BCUT2D eigenvalue weighted by atomic mass is 16.5. The van der Waals surface area contributed by atoms with E-state index in [4.69, 9.17) is 14.3 Å². The summed E-state index contributed by atoms with van der Waals surface area (Å²) in [6.45, 7) is 1.84. The van der Waals surface area contributed by atoms with E-state index in [0.29, 0.717) is 12.3 Å². The Bertz CT molecular complexity index is 292. The fourth-order valence-electron chi connectivity index (χ4n) is 1.85. The molecule has 0 saturated carbocycles. The monoisotopic (exact) mass is 211 g/mol. The second-order valence-corrected chi connectivity index (χ2v) is 3.88. The number of aliphatic hydroxyl groups excluding tert-OH is 1. The second kappa shape index (κ2) is 5.28. The Morgan fingerprint density at radius 3 is 2.93 bits per heavy atom. The summed E-state index contributed by atoms with van der Waals surface area (Å²) in [6.07, 6.45) is 5.26. The zero-order chi connectivity index (χ0) is 10.5. The van der Waals surface area contributed by atoms with Crippen LogP contribution in [0.5, 0.6) is 0 Å². The molecule has 0 amide bonds. The Balaban J connectivity index is 1.93. The predicted molar refractivity (Wildman–Crippen MR) is 54.7 cm³/mol. The molecular weight excluding hydrogens is 194 g/mol. The van der Waals surface area contributed by atoms with Crippen molar-refractivity contribution in [3.63, 3.8) is 0 Å². The largest absolute Gasteiger partial charge is 0.449 e. The van der Waals surface area contributed by atoms with Crippen molar-refractivity contribution in [2.45, 2.75) is 31.6 Å². The first-order valence-corrected chi connectivity index (χ1v) is 5.53. The number of aryl methyl sites for hydroxylation is 1. The van der Waals surface area contributed by atoms with Gasteiger partial charge in [-0.3, -0.25) is 0 Å². The second-order valence-electron chi connectivity index (χ2n) is 3.88. The van der Waals surface area contributed by atoms with Crippen molar-refractivity contribution < 1.29 is 14.3 Å². The predicted octanol–water partition coefficient (Wildman–Crippen LogP) is 1.49. The van der Waals surface area contributed by atoms with Gasteiger partial charge in [0.05, 0.1) is 5.69 Å². The Morgan fingerprint density at radius 2 is 2.20 bits per heavy atom. The van der Waals surface area contributed by atoms with Crippen LogP contribution in [0.25, 0.3) is 0 Å². The molecule has 1 aliphatic heterocycles. The average Bonchev–Trinajstić information content (AvgIpc) is 2.76. The summed E-state index contributed by atoms with van der Waals surface area (Å²) in [5.41, 5.74) is 1.05. The summed E-state index contributed by atoms with van der Waals surface area (Å²) in [4.78, 5) is 4.44. The van der Waals surface area contributed by atoms with Crippen LogP contribution in [0.1, 0.15) is 36.8 Å². The zero-order valence-electron chi connectivity index (χ0n) is 8.82. The van der Waals surface area contributed by atoms with Gasteiger partial charge in [-0.05, 0) is 19.3 Å². The van der Waals surface area contributed by atoms with E-state index >= 15 is 0 Å². The highest BCUT2D eigenvalue weighted by molar-refractivity contribution is 5.05. The van der Waals surface area contributed by atoms with E-state index in [2.05, 4.69) is 4.98 Å². The van der Waals surface area contributed by atoms with E-state index in [9.17, 15) is 0 Å². The number of aromatic nitrogens is 1. The Hall–Kier alpha value is -0.870. The van der Waals surface area contributed by atoms with Crippen LogP contribution in [-0.4, -0.2) is 29.9 Å². The molecule has 1 aliphatic rings. The van der Waals surface area contributed by atoms with Gasteiger partial charge in [-0.25, -0.2) is 4.98 Å². The van der Waals surface area contributed by atoms with Crippen molar-refractivity contribution in [3.05, 3.63) is 17.8 Å². The minimum absolute atomic E-state index is 0.189. The molecule has 84 valence electrons. The Kier molecular flexibility index (Phi) is 3.75. The summed E-state index contributed by atoms with van der Waals surface area (Å²) < 4.78 is 10.7. The smallest absolute Gasteiger partial charge is 0.194 e. The molecular formula is C11H17NO3. The zero-order valence-corrected chi connectivity index (χ0v) is 8.82. The van der Waals surface area contributed by atoms with E-state index in [-0.39, 0.29) is 6.61 Å². The number of rotatable bonds is 4. The number of oxazole rings is 1. The lowest BCUT2D eigenvalue weighted by Gasteiger charge is -2.19. The van der Waals surface area contributed by atoms with E-state index in [1.165, 1.54) is 0 Å². The standard InChI is InChI=1S/C11H17NO3/c13-5-1-2-11-12-10(8-15-11)9-3-6-14-7-4-9/h8-9,13H,1-7H2. The van der Waals surface area contributed by atoms with Crippen LogP contribution < -0.4 is 0 Å². The molecule has 1 aromatic heterocycles. The lowest BCUT2D eigenvalue weighted by atomic mass is 9.97. The number of nitrogens with zero attached hydrogens (tertiary/aromatic N) is 1. The quantitative estimate of drug-likeness (QED) is 0.819. The third-order valence-electron chi connectivity index (χ3n) is 2.76. The molecule has 0 bridgehead atoms. The van der Waals surface area contributed by atoms with Gasteiger partial charge in [0.2, 0.25) is 0 Å². The number of hydrogen-bond acceptors (Lipinski definition) is 4. The molecule has 0 unspecified atom stereocenters. The van der Waals surface area contributed by atoms with Gasteiger partial charge in [0.15, 0.2) is 5.89 Å². The van der Waals surface area contributed by atoms with Gasteiger partial charge in [0.1, 0.15) is 6.26 Å². The first kappa shape index (κ1) is 10.6. The van der Waals surface area contributed by atoms with E-state index in [1.807, 2.05) is 0 Å². The molecule has 2 heterocycles. The number of aliphatic hydroxyl groups is 1. The minimum atomic E-state index is 0.189. The van der Waals surface area contributed by atoms with Crippen LogP contribution >= 0.6 is 0 Å². The molecule has 0 aliphatic carbocycles. The molecule has 0 radical (unpaired) electrons. The lowest BCUT2D eigenvalue weighted by Crippen LogP contribution is -2.14. The van der Waals surface area contributed by atoms with Gasteiger partial charge in [0, 0.05) is 32.2 Å². The number of ether oxygens (including phenoxy) is 1. The maximum atomic E-state index is 8.70. The molecule has 1 N–H and O–H groups in total. The summed E-state index contributed by atoms with van der Waals surface area (Å²) in [6, 6.07) is 0. The maximum absolute atomic E-state index is 8.70. The van der Waals surface area contributed by atoms with Crippen molar-refractivity contribution in [1.82, 2.24) is 4.98 Å². The minimum Gasteiger partial charge on any atom is -0.449 e. The van der Waals surface area contributed by atoms with Gasteiger partial charge in [-0.2, -0.15) is 0 Å². The van der Waals surface area contributed by atoms with E-state index < -0.39 is 0 Å². The lowest BCUT2D eigenvalue weighted by molar-refractivity contribution is 0.0845. The van der Waals surface area contributed by atoms with Crippen molar-refractivity contribution >= 4 is 0 Å². The molecule has 2 rings (SSSR count). The average molecular weight is 211 g/mol. The van der Waals surface area contributed by atoms with Crippen molar-refractivity contribution in [2.75, 3.05) is 19.8 Å². The van der Waals surface area contributed by atoms with Gasteiger partial charge < -0.3 is 14.3 Å². The molecule has 4 nitrogen and oxygen atoms in total. The van der Waals surface area contributed by atoms with Crippen LogP contribution in [-0.2, 0) is 11.2 Å². The normalized spacial score (nSPS) is 18.2. The van der Waals surface area contributed by atoms with Gasteiger partial charge >= 0.3 is 0 Å². The van der Waals surface area contributed by atoms with Crippen molar-refractivity contribution in [1.29, 1.82) is 0 Å². The summed E-state index contributed by atoms with van der Waals surface area (Å²) in [5, 5.41) is 8.70. The Labute approximate surface area is 89.3 Å². The molecule has 4 heteroatoms. The van der Waals surface area contributed by atoms with Crippen LogP contribution in [0.15, 0.2) is 10.7 Å². The van der Waals surface area contributed by atoms with Crippen molar-refractivity contribution in [3.8, 4) is 0 Å². The van der Waals surface area contributed by atoms with Gasteiger partial charge in [0.25, 0.3) is 0 Å². The van der Waals surface area contributed by atoms with Crippen LogP contribution in [0.4, 0.5) is 0 Å². The van der Waals surface area contributed by atoms with E-state index in [0.717, 1.165) is 44.1 Å². The summed E-state index contributed by atoms with van der Waals surface area (Å²) in [5.74, 6) is 1.23. The summed E-state index contributed by atoms with van der Waals surface area (Å²) >= 11 is 0. The third-order valence-corrected chi connectivity index (χ3v) is 2.76. The SMILES string of the molecule is OCCCc1nc(C2CCOCC2)co1. The first-order valence-electron chi connectivity index (χ1n) is 5.53. The third kappa shape index (κ3) is 2.79. The van der Waals surface area contributed by atoms with Gasteiger partial charge in [-0.15, -0.1) is 0 Å². The van der Waals surface area contributed by atoms with Gasteiger partial charge in [-0.1, -0.05) is 0 Å². The molecule has 0 aromatic carbocycles. The fraction of sp³-hybridized carbons (Fsp3) is 0.727. The van der Waals surface area contributed by atoms with Crippen LogP contribution in [0, 0.1) is 0 Å². The maximum Gasteiger partial charge on any atom is 0.194 e. The van der Waals surface area contributed by atoms with Crippen LogP contribution in [0.2, 0.25) is 0 Å². The fourth-order valence-corrected chi connectivity index (χ4v) is 1.85. The molecule has 1 aromatic rings. The van der Waals surface area contributed by atoms with E-state index in [1.54, 1.807) is 6.26 Å². The topological polar surface area (TPSA) is 55.5 Å². The Morgan fingerprint density at radius 1 is 1.40 bits per heavy atom. The molecule has 1 fully saturated rings. The molecule has 0 spiro atoms. The number of hydrogen-bond donors (Lipinski definition) is 1.